The summed E-state index contributed by atoms with van der Waals surface area (Å²) in [6.07, 6.45) is 1.05. The molecule has 0 saturated heterocycles. The first kappa shape index (κ1) is 17.2. The van der Waals surface area contributed by atoms with Gasteiger partial charge in [0.05, 0.1) is 6.61 Å². The lowest BCUT2D eigenvalue weighted by Crippen LogP contribution is -2.26. The Bertz CT molecular complexity index is 320. The van der Waals surface area contributed by atoms with E-state index < -0.39 is 0 Å². The molecule has 3 nitrogen and oxygen atoms in total. The molecule has 0 bridgehead atoms. The standard InChI is InChI=1S/C14H24N2O.ClH/c1-4-10-17-14-7-5-6-13(11-14)12-16(3)9-8-15-2;/h5-7,11,15H,4,8-10,12H2,1-3H3;1H. The largest absolute Gasteiger partial charge is 0.494 e. The molecule has 0 aliphatic carbocycles. The molecule has 0 heterocycles. The zero-order valence-electron chi connectivity index (χ0n) is 11.6. The van der Waals surface area contributed by atoms with Crippen LogP contribution in [0.1, 0.15) is 18.9 Å². The third-order valence-corrected chi connectivity index (χ3v) is 2.57. The van der Waals surface area contributed by atoms with Crippen LogP contribution >= 0.6 is 12.4 Å². The monoisotopic (exact) mass is 272 g/mol. The minimum Gasteiger partial charge on any atom is -0.494 e. The van der Waals surface area contributed by atoms with Gasteiger partial charge in [0.25, 0.3) is 0 Å². The van der Waals surface area contributed by atoms with Crippen molar-refractivity contribution in [3.05, 3.63) is 29.8 Å². The smallest absolute Gasteiger partial charge is 0.119 e. The third-order valence-electron chi connectivity index (χ3n) is 2.57. The van der Waals surface area contributed by atoms with E-state index >= 15 is 0 Å². The summed E-state index contributed by atoms with van der Waals surface area (Å²) in [6, 6.07) is 8.36. The quantitative estimate of drug-likeness (QED) is 0.787. The Balaban J connectivity index is 0.00000289. The van der Waals surface area contributed by atoms with Crippen LogP contribution in [0.25, 0.3) is 0 Å². The van der Waals surface area contributed by atoms with E-state index in [1.807, 2.05) is 13.1 Å². The number of ether oxygens (including phenoxy) is 1. The van der Waals surface area contributed by atoms with Gasteiger partial charge in [-0.15, -0.1) is 12.4 Å². The number of rotatable bonds is 8. The molecule has 0 aliphatic heterocycles. The zero-order valence-corrected chi connectivity index (χ0v) is 12.4. The Hall–Kier alpha value is -0.770. The van der Waals surface area contributed by atoms with Crippen LogP contribution < -0.4 is 10.1 Å². The van der Waals surface area contributed by atoms with Gasteiger partial charge in [-0.2, -0.15) is 0 Å². The van der Waals surface area contributed by atoms with Crippen LogP contribution in [-0.4, -0.2) is 38.7 Å². The molecule has 0 amide bonds. The van der Waals surface area contributed by atoms with E-state index in [0.717, 1.165) is 38.4 Å². The normalized spacial score (nSPS) is 10.2. The fourth-order valence-electron chi connectivity index (χ4n) is 1.65. The summed E-state index contributed by atoms with van der Waals surface area (Å²) < 4.78 is 5.63. The fraction of sp³-hybridized carbons (Fsp3) is 0.571. The van der Waals surface area contributed by atoms with Crippen LogP contribution in [0.5, 0.6) is 5.75 Å². The highest BCUT2D eigenvalue weighted by Gasteiger charge is 2.01. The van der Waals surface area contributed by atoms with Crippen LogP contribution in [0.15, 0.2) is 24.3 Å². The molecule has 18 heavy (non-hydrogen) atoms. The highest BCUT2D eigenvalue weighted by atomic mass is 35.5. The van der Waals surface area contributed by atoms with E-state index in [1.165, 1.54) is 5.56 Å². The van der Waals surface area contributed by atoms with E-state index in [4.69, 9.17) is 4.74 Å². The average molecular weight is 273 g/mol. The van der Waals surface area contributed by atoms with E-state index in [0.29, 0.717) is 0 Å². The second-order valence-corrected chi connectivity index (χ2v) is 4.34. The Morgan fingerprint density at radius 1 is 1.33 bits per heavy atom. The number of nitrogens with zero attached hydrogens (tertiary/aromatic N) is 1. The van der Waals surface area contributed by atoms with Crippen LogP contribution in [0.2, 0.25) is 0 Å². The molecule has 104 valence electrons. The first-order valence-corrected chi connectivity index (χ1v) is 6.31. The summed E-state index contributed by atoms with van der Waals surface area (Å²) in [5.41, 5.74) is 1.30. The van der Waals surface area contributed by atoms with Crippen molar-refractivity contribution in [3.63, 3.8) is 0 Å². The minimum absolute atomic E-state index is 0. The highest BCUT2D eigenvalue weighted by Crippen LogP contribution is 2.14. The minimum atomic E-state index is 0. The molecular weight excluding hydrogens is 248 g/mol. The SMILES string of the molecule is CCCOc1cccc(CN(C)CCNC)c1.Cl. The van der Waals surface area contributed by atoms with Crippen molar-refractivity contribution in [1.82, 2.24) is 10.2 Å². The average Bonchev–Trinajstić information content (AvgIpc) is 2.34. The van der Waals surface area contributed by atoms with E-state index in [2.05, 4.69) is 42.4 Å². The summed E-state index contributed by atoms with van der Waals surface area (Å²) in [4.78, 5) is 2.30. The maximum atomic E-state index is 5.63. The second kappa shape index (κ2) is 10.2. The summed E-state index contributed by atoms with van der Waals surface area (Å²) in [5, 5.41) is 3.16. The topological polar surface area (TPSA) is 24.5 Å². The maximum Gasteiger partial charge on any atom is 0.119 e. The van der Waals surface area contributed by atoms with E-state index in [9.17, 15) is 0 Å². The van der Waals surface area contributed by atoms with Gasteiger partial charge in [-0.1, -0.05) is 19.1 Å². The van der Waals surface area contributed by atoms with Crippen molar-refractivity contribution in [1.29, 1.82) is 0 Å². The molecule has 0 saturated carbocycles. The highest BCUT2D eigenvalue weighted by molar-refractivity contribution is 5.85. The predicted octanol–water partition coefficient (Wildman–Crippen LogP) is 2.55. The molecule has 0 aromatic heterocycles. The molecule has 1 N–H and O–H groups in total. The number of hydrogen-bond acceptors (Lipinski definition) is 3. The van der Waals surface area contributed by atoms with Gasteiger partial charge >= 0.3 is 0 Å². The van der Waals surface area contributed by atoms with Crippen LogP contribution in [0.3, 0.4) is 0 Å². The Labute approximate surface area is 117 Å². The molecule has 1 aromatic carbocycles. The van der Waals surface area contributed by atoms with E-state index in [1.54, 1.807) is 0 Å². The number of nitrogens with one attached hydrogen (secondary N) is 1. The molecule has 1 aromatic rings. The number of halogens is 1. The third kappa shape index (κ3) is 6.84. The molecule has 0 spiro atoms. The molecular formula is C14H25ClN2O. The first-order chi connectivity index (χ1) is 8.26. The maximum absolute atomic E-state index is 5.63. The molecule has 4 heteroatoms. The summed E-state index contributed by atoms with van der Waals surface area (Å²) in [7, 11) is 4.12. The van der Waals surface area contributed by atoms with Crippen LogP contribution in [0, 0.1) is 0 Å². The predicted molar refractivity (Wildman–Crippen MR) is 79.7 cm³/mol. The zero-order chi connectivity index (χ0) is 12.5. The number of benzene rings is 1. The second-order valence-electron chi connectivity index (χ2n) is 4.34. The van der Waals surface area contributed by atoms with Gasteiger partial charge in [-0.05, 0) is 38.2 Å². The summed E-state index contributed by atoms with van der Waals surface area (Å²) in [5.74, 6) is 0.978. The van der Waals surface area contributed by atoms with Crippen molar-refractivity contribution >= 4 is 12.4 Å². The lowest BCUT2D eigenvalue weighted by Gasteiger charge is -2.16. The summed E-state index contributed by atoms with van der Waals surface area (Å²) >= 11 is 0. The van der Waals surface area contributed by atoms with Crippen molar-refractivity contribution in [2.24, 2.45) is 0 Å². The first-order valence-electron chi connectivity index (χ1n) is 6.31. The molecule has 0 aliphatic rings. The Morgan fingerprint density at radius 3 is 2.78 bits per heavy atom. The molecule has 0 radical (unpaired) electrons. The van der Waals surface area contributed by atoms with Gasteiger partial charge < -0.3 is 15.0 Å². The van der Waals surface area contributed by atoms with Crippen molar-refractivity contribution < 1.29 is 4.74 Å². The van der Waals surface area contributed by atoms with Crippen molar-refractivity contribution in [3.8, 4) is 5.75 Å². The lowest BCUT2D eigenvalue weighted by atomic mass is 10.2. The number of hydrogen-bond donors (Lipinski definition) is 1. The van der Waals surface area contributed by atoms with Gasteiger partial charge in [0.1, 0.15) is 5.75 Å². The van der Waals surface area contributed by atoms with Gasteiger partial charge in [-0.3, -0.25) is 0 Å². The number of likely N-dealkylation sites (N-methyl/N-ethyl adjacent to an activating group) is 2. The Kier molecular flexibility index (Phi) is 9.74. The van der Waals surface area contributed by atoms with Gasteiger partial charge in [0.15, 0.2) is 0 Å². The van der Waals surface area contributed by atoms with Crippen molar-refractivity contribution in [2.75, 3.05) is 33.8 Å². The van der Waals surface area contributed by atoms with Crippen LogP contribution in [0.4, 0.5) is 0 Å². The molecule has 0 atom stereocenters. The summed E-state index contributed by atoms with van der Waals surface area (Å²) in [6.45, 7) is 5.94. The molecule has 0 fully saturated rings. The fourth-order valence-corrected chi connectivity index (χ4v) is 1.65. The molecule has 0 unspecified atom stereocenters. The van der Waals surface area contributed by atoms with Gasteiger partial charge in [0, 0.05) is 19.6 Å². The van der Waals surface area contributed by atoms with Gasteiger partial charge in [0.2, 0.25) is 0 Å². The lowest BCUT2D eigenvalue weighted by molar-refractivity contribution is 0.312. The van der Waals surface area contributed by atoms with Crippen molar-refractivity contribution in [2.45, 2.75) is 19.9 Å². The van der Waals surface area contributed by atoms with Gasteiger partial charge in [-0.25, -0.2) is 0 Å². The van der Waals surface area contributed by atoms with Crippen LogP contribution in [-0.2, 0) is 6.54 Å². The Morgan fingerprint density at radius 2 is 2.11 bits per heavy atom. The van der Waals surface area contributed by atoms with E-state index in [-0.39, 0.29) is 12.4 Å². The molecule has 1 rings (SSSR count).